The van der Waals surface area contributed by atoms with Crippen LogP contribution in [0.2, 0.25) is 0 Å². The van der Waals surface area contributed by atoms with Gasteiger partial charge in [-0.2, -0.15) is 0 Å². The van der Waals surface area contributed by atoms with Crippen LogP contribution >= 0.6 is 11.3 Å². The second-order valence-electron chi connectivity index (χ2n) is 7.13. The number of hydrogen-bond donors (Lipinski definition) is 2. The van der Waals surface area contributed by atoms with E-state index >= 15 is 0 Å². The quantitative estimate of drug-likeness (QED) is 0.326. The number of aromatic nitrogens is 2. The van der Waals surface area contributed by atoms with E-state index in [9.17, 15) is 19.2 Å². The van der Waals surface area contributed by atoms with Crippen molar-refractivity contribution in [3.8, 4) is 0 Å². The van der Waals surface area contributed by atoms with Crippen molar-refractivity contribution in [2.75, 3.05) is 20.3 Å². The van der Waals surface area contributed by atoms with Crippen molar-refractivity contribution >= 4 is 33.6 Å². The molecule has 32 heavy (non-hydrogen) atoms. The summed E-state index contributed by atoms with van der Waals surface area (Å²) in [6.07, 6.45) is 0.865. The van der Waals surface area contributed by atoms with Gasteiger partial charge in [0.1, 0.15) is 4.83 Å². The molecular formula is C20H28N4O7S. The Morgan fingerprint density at radius 1 is 1.31 bits per heavy atom. The number of rotatable bonds is 9. The lowest BCUT2D eigenvalue weighted by Crippen LogP contribution is -2.44. The molecule has 2 amide bonds. The number of ether oxygens (including phenoxy) is 2. The zero-order chi connectivity index (χ0) is 24.0. The minimum absolute atomic E-state index is 0.133. The highest BCUT2D eigenvalue weighted by Gasteiger charge is 2.23. The number of nitrogens with one attached hydrogen (secondary N) is 1. The van der Waals surface area contributed by atoms with E-state index in [4.69, 9.17) is 14.6 Å². The lowest BCUT2D eigenvalue weighted by Gasteiger charge is -2.19. The van der Waals surface area contributed by atoms with Gasteiger partial charge in [-0.1, -0.05) is 0 Å². The second-order valence-corrected chi connectivity index (χ2v) is 8.21. The molecule has 2 aromatic heterocycles. The van der Waals surface area contributed by atoms with Crippen LogP contribution in [-0.4, -0.2) is 51.6 Å². The van der Waals surface area contributed by atoms with Gasteiger partial charge < -0.3 is 14.6 Å². The first-order valence-electron chi connectivity index (χ1n) is 9.99. The highest BCUT2D eigenvalue weighted by molar-refractivity contribution is 7.18. The van der Waals surface area contributed by atoms with Crippen molar-refractivity contribution in [2.24, 2.45) is 0 Å². The molecular weight excluding hydrogens is 440 g/mol. The summed E-state index contributed by atoms with van der Waals surface area (Å²) >= 11 is 1.16. The lowest BCUT2D eigenvalue weighted by atomic mass is 10.2. The van der Waals surface area contributed by atoms with E-state index < -0.39 is 23.2 Å². The Morgan fingerprint density at radius 2 is 2.00 bits per heavy atom. The average Bonchev–Trinajstić information content (AvgIpc) is 3.03. The molecule has 0 atom stereocenters. The zero-order valence-corrected chi connectivity index (χ0v) is 19.5. The molecule has 0 aliphatic heterocycles. The van der Waals surface area contributed by atoms with Gasteiger partial charge in [0.25, 0.3) is 11.5 Å². The number of carbonyl (C=O) groups excluding carboxylic acids is 1. The molecule has 0 saturated carbocycles. The summed E-state index contributed by atoms with van der Waals surface area (Å²) in [4.78, 5) is 50.8. The number of thiophene rings is 1. The van der Waals surface area contributed by atoms with E-state index in [0.29, 0.717) is 27.3 Å². The minimum Gasteiger partial charge on any atom is -0.501 e. The standard InChI is InChI=1S/C20H28N4O7S/c1-6-31-9-7-15(25)23(21-19(27)28)11-14-13(4)16-17(26)24(12(2)3)20(29)22(8-10-30-5)18(16)32-14/h7,9,12,21H,6,8,10-11H2,1-5H3,(H,27,28)/b9-7+. The molecule has 2 heterocycles. The highest BCUT2D eigenvalue weighted by atomic mass is 32.1. The number of methoxy groups -OCH3 is 1. The number of nitrogens with zero attached hydrogens (tertiary/aromatic N) is 3. The van der Waals surface area contributed by atoms with Crippen molar-refractivity contribution in [2.45, 2.75) is 46.8 Å². The highest BCUT2D eigenvalue weighted by Crippen LogP contribution is 2.29. The van der Waals surface area contributed by atoms with Gasteiger partial charge in [-0.15, -0.1) is 11.3 Å². The minimum atomic E-state index is -1.42. The Morgan fingerprint density at radius 3 is 2.56 bits per heavy atom. The zero-order valence-electron chi connectivity index (χ0n) is 18.7. The van der Waals surface area contributed by atoms with Crippen molar-refractivity contribution in [3.05, 3.63) is 43.6 Å². The maximum atomic E-state index is 13.1. The summed E-state index contributed by atoms with van der Waals surface area (Å²) < 4.78 is 12.8. The van der Waals surface area contributed by atoms with Crippen molar-refractivity contribution in [3.63, 3.8) is 0 Å². The van der Waals surface area contributed by atoms with Gasteiger partial charge in [-0.05, 0) is 33.3 Å². The third-order valence-electron chi connectivity index (χ3n) is 4.65. The molecule has 2 N–H and O–H groups in total. The molecule has 0 radical (unpaired) electrons. The Kier molecular flexibility index (Phi) is 8.61. The van der Waals surface area contributed by atoms with Crippen LogP contribution in [0.1, 0.15) is 37.3 Å². The van der Waals surface area contributed by atoms with Crippen LogP contribution in [0.4, 0.5) is 4.79 Å². The first-order valence-corrected chi connectivity index (χ1v) is 10.8. The van der Waals surface area contributed by atoms with Gasteiger partial charge in [0.05, 0.1) is 38.0 Å². The van der Waals surface area contributed by atoms with Crippen molar-refractivity contribution < 1.29 is 24.2 Å². The topological polar surface area (TPSA) is 132 Å². The van der Waals surface area contributed by atoms with E-state index in [2.05, 4.69) is 5.43 Å². The monoisotopic (exact) mass is 468 g/mol. The van der Waals surface area contributed by atoms with E-state index in [0.717, 1.165) is 22.4 Å². The number of amides is 2. The van der Waals surface area contributed by atoms with Gasteiger partial charge in [0.15, 0.2) is 0 Å². The molecule has 11 nitrogen and oxygen atoms in total. The molecule has 0 spiro atoms. The largest absolute Gasteiger partial charge is 0.501 e. The molecule has 0 saturated heterocycles. The molecule has 2 aromatic rings. The van der Waals surface area contributed by atoms with Crippen LogP contribution in [-0.2, 0) is 27.4 Å². The maximum absolute atomic E-state index is 13.1. The van der Waals surface area contributed by atoms with Crippen molar-refractivity contribution in [1.29, 1.82) is 0 Å². The number of aryl methyl sites for hydroxylation is 1. The molecule has 176 valence electrons. The fraction of sp³-hybridized carbons (Fsp3) is 0.500. The summed E-state index contributed by atoms with van der Waals surface area (Å²) in [6, 6.07) is -0.355. The van der Waals surface area contributed by atoms with Crippen LogP contribution in [0.15, 0.2) is 21.9 Å². The molecule has 2 rings (SSSR count). The molecule has 0 unspecified atom stereocenters. The Labute approximate surface area is 188 Å². The van der Waals surface area contributed by atoms with E-state index in [-0.39, 0.29) is 25.7 Å². The Balaban J connectivity index is 2.63. The fourth-order valence-corrected chi connectivity index (χ4v) is 4.42. The molecule has 0 bridgehead atoms. The van der Waals surface area contributed by atoms with Gasteiger partial charge in [0, 0.05) is 24.1 Å². The van der Waals surface area contributed by atoms with E-state index in [1.54, 1.807) is 27.7 Å². The summed E-state index contributed by atoms with van der Waals surface area (Å²) in [5, 5.41) is 10.4. The van der Waals surface area contributed by atoms with Gasteiger partial charge in [-0.3, -0.25) is 18.7 Å². The predicted molar refractivity (Wildman–Crippen MR) is 120 cm³/mol. The molecule has 0 aliphatic rings. The average molecular weight is 469 g/mol. The first-order chi connectivity index (χ1) is 15.1. The van der Waals surface area contributed by atoms with Gasteiger partial charge in [0.2, 0.25) is 0 Å². The summed E-state index contributed by atoms with van der Waals surface area (Å²) in [5.74, 6) is -0.644. The van der Waals surface area contributed by atoms with Crippen LogP contribution in [0.25, 0.3) is 10.2 Å². The maximum Gasteiger partial charge on any atom is 0.423 e. The molecule has 12 heteroatoms. The van der Waals surface area contributed by atoms with E-state index in [1.807, 2.05) is 0 Å². The lowest BCUT2D eigenvalue weighted by molar-refractivity contribution is -0.129. The summed E-state index contributed by atoms with van der Waals surface area (Å²) in [5.41, 5.74) is 1.77. The third-order valence-corrected chi connectivity index (χ3v) is 5.95. The van der Waals surface area contributed by atoms with Crippen LogP contribution < -0.4 is 16.7 Å². The smallest absolute Gasteiger partial charge is 0.423 e. The number of hydrazine groups is 1. The first kappa shape index (κ1) is 25.1. The van der Waals surface area contributed by atoms with Crippen molar-refractivity contribution in [1.82, 2.24) is 19.6 Å². The predicted octanol–water partition coefficient (Wildman–Crippen LogP) is 1.82. The fourth-order valence-electron chi connectivity index (χ4n) is 3.12. The number of fused-ring (bicyclic) bond motifs is 1. The second kappa shape index (κ2) is 11.0. The number of carbonyl (C=O) groups is 2. The Hall–Kier alpha value is -3.12. The van der Waals surface area contributed by atoms with Crippen LogP contribution in [0, 0.1) is 6.92 Å². The number of hydrogen-bond acceptors (Lipinski definition) is 7. The molecule has 0 fully saturated rings. The molecule has 0 aliphatic carbocycles. The third kappa shape index (κ3) is 5.37. The molecule has 0 aromatic carbocycles. The number of carboxylic acid groups (broad SMARTS) is 1. The summed E-state index contributed by atoms with van der Waals surface area (Å²) in [7, 11) is 1.52. The van der Waals surface area contributed by atoms with Gasteiger partial charge >= 0.3 is 11.8 Å². The Bertz CT molecular complexity index is 1130. The van der Waals surface area contributed by atoms with E-state index in [1.165, 1.54) is 22.5 Å². The summed E-state index contributed by atoms with van der Waals surface area (Å²) in [6.45, 7) is 7.69. The van der Waals surface area contributed by atoms with Gasteiger partial charge in [-0.25, -0.2) is 20.0 Å². The van der Waals surface area contributed by atoms with Crippen LogP contribution in [0.5, 0.6) is 0 Å². The SMILES string of the molecule is CCO/C=C/C(=O)N(Cc1sc2c(c1C)c(=O)n(C(C)C)c(=O)n2CCOC)NC(=O)O. The normalized spacial score (nSPS) is 11.4. The van der Waals surface area contributed by atoms with Crippen LogP contribution in [0.3, 0.4) is 0 Å².